The van der Waals surface area contributed by atoms with E-state index in [1.807, 2.05) is 24.3 Å². The summed E-state index contributed by atoms with van der Waals surface area (Å²) in [6.45, 7) is 0. The fraction of sp³-hybridized carbons (Fsp3) is 0.188. The van der Waals surface area contributed by atoms with Crippen molar-refractivity contribution in [3.8, 4) is 0 Å². The van der Waals surface area contributed by atoms with Gasteiger partial charge in [0.25, 0.3) is 5.91 Å². The number of aliphatic hydroxyl groups is 1. The highest BCUT2D eigenvalue weighted by Gasteiger charge is 2.31. The molecule has 4 nitrogen and oxygen atoms in total. The molecule has 0 bridgehead atoms. The lowest BCUT2D eigenvalue weighted by molar-refractivity contribution is 0.0858. The lowest BCUT2D eigenvalue weighted by atomic mass is 10.1. The largest absolute Gasteiger partial charge is 0.399 e. The number of nitrogen functional groups attached to an aromatic ring is 1. The Morgan fingerprint density at radius 2 is 2.00 bits per heavy atom. The van der Waals surface area contributed by atoms with Gasteiger partial charge in [0, 0.05) is 17.7 Å². The number of benzene rings is 2. The zero-order chi connectivity index (χ0) is 14.1. The summed E-state index contributed by atoms with van der Waals surface area (Å²) in [5, 5.41) is 13.0. The molecule has 102 valence electrons. The summed E-state index contributed by atoms with van der Waals surface area (Å²) >= 11 is 0. The maximum absolute atomic E-state index is 12.2. The fourth-order valence-electron chi connectivity index (χ4n) is 2.65. The van der Waals surface area contributed by atoms with Crippen LogP contribution in [-0.2, 0) is 6.42 Å². The van der Waals surface area contributed by atoms with E-state index >= 15 is 0 Å². The molecule has 4 N–H and O–H groups in total. The van der Waals surface area contributed by atoms with Gasteiger partial charge in [0.15, 0.2) is 0 Å². The van der Waals surface area contributed by atoms with Crippen molar-refractivity contribution in [3.05, 3.63) is 65.2 Å². The van der Waals surface area contributed by atoms with Gasteiger partial charge in [-0.1, -0.05) is 30.3 Å². The van der Waals surface area contributed by atoms with E-state index in [-0.39, 0.29) is 11.9 Å². The normalized spacial score (nSPS) is 20.4. The van der Waals surface area contributed by atoms with Crippen LogP contribution in [0.4, 0.5) is 5.69 Å². The van der Waals surface area contributed by atoms with Crippen molar-refractivity contribution in [3.63, 3.8) is 0 Å². The highest BCUT2D eigenvalue weighted by atomic mass is 16.3. The van der Waals surface area contributed by atoms with Gasteiger partial charge in [-0.15, -0.1) is 0 Å². The molecule has 0 radical (unpaired) electrons. The Hall–Kier alpha value is -2.33. The summed E-state index contributed by atoms with van der Waals surface area (Å²) < 4.78 is 0. The molecule has 1 amide bonds. The number of fused-ring (bicyclic) bond motifs is 1. The second kappa shape index (κ2) is 4.98. The number of carbonyl (C=O) groups excluding carboxylic acids is 1. The molecule has 2 aromatic carbocycles. The number of amides is 1. The number of aliphatic hydroxyl groups excluding tert-OH is 1. The zero-order valence-electron chi connectivity index (χ0n) is 10.9. The third kappa shape index (κ3) is 2.26. The Morgan fingerprint density at radius 3 is 2.80 bits per heavy atom. The van der Waals surface area contributed by atoms with E-state index in [9.17, 15) is 9.90 Å². The van der Waals surface area contributed by atoms with Crippen LogP contribution in [0.1, 0.15) is 27.5 Å². The SMILES string of the molecule is Nc1cccc(C(=O)N[C@@H]2c3ccccc3C[C@@H]2O)c1. The lowest BCUT2D eigenvalue weighted by Gasteiger charge is -2.18. The van der Waals surface area contributed by atoms with Crippen LogP contribution in [0.15, 0.2) is 48.5 Å². The van der Waals surface area contributed by atoms with Gasteiger partial charge in [-0.3, -0.25) is 4.79 Å². The lowest BCUT2D eigenvalue weighted by Crippen LogP contribution is -2.33. The second-order valence-corrected chi connectivity index (χ2v) is 5.05. The Labute approximate surface area is 117 Å². The average molecular weight is 268 g/mol. The monoisotopic (exact) mass is 268 g/mol. The Bertz CT molecular complexity index is 654. The minimum absolute atomic E-state index is 0.224. The molecule has 3 rings (SSSR count). The van der Waals surface area contributed by atoms with Crippen molar-refractivity contribution in [2.24, 2.45) is 0 Å². The van der Waals surface area contributed by atoms with Crippen LogP contribution in [-0.4, -0.2) is 17.1 Å². The minimum atomic E-state index is -0.586. The molecule has 0 fully saturated rings. The molecular weight excluding hydrogens is 252 g/mol. The van der Waals surface area contributed by atoms with Gasteiger partial charge in [-0.2, -0.15) is 0 Å². The van der Waals surface area contributed by atoms with Crippen LogP contribution in [0.2, 0.25) is 0 Å². The molecule has 0 heterocycles. The van der Waals surface area contributed by atoms with Gasteiger partial charge < -0.3 is 16.2 Å². The van der Waals surface area contributed by atoms with Crippen molar-refractivity contribution in [1.82, 2.24) is 5.32 Å². The number of carbonyl (C=O) groups is 1. The number of nitrogens with one attached hydrogen (secondary N) is 1. The third-order valence-electron chi connectivity index (χ3n) is 3.64. The molecule has 2 aromatic rings. The van der Waals surface area contributed by atoms with Gasteiger partial charge in [0.05, 0.1) is 12.1 Å². The van der Waals surface area contributed by atoms with E-state index in [0.717, 1.165) is 11.1 Å². The number of anilines is 1. The molecule has 0 saturated heterocycles. The summed E-state index contributed by atoms with van der Waals surface area (Å²) in [5.41, 5.74) is 8.79. The maximum Gasteiger partial charge on any atom is 0.251 e. The molecule has 20 heavy (non-hydrogen) atoms. The van der Waals surface area contributed by atoms with Gasteiger partial charge >= 0.3 is 0 Å². The minimum Gasteiger partial charge on any atom is -0.399 e. The molecule has 1 aliphatic carbocycles. The summed E-state index contributed by atoms with van der Waals surface area (Å²) in [6, 6.07) is 14.2. The van der Waals surface area contributed by atoms with Crippen molar-refractivity contribution < 1.29 is 9.90 Å². The van der Waals surface area contributed by atoms with E-state index in [1.54, 1.807) is 24.3 Å². The molecule has 0 aliphatic heterocycles. The standard InChI is InChI=1S/C16H16N2O2/c17-12-6-3-5-11(8-12)16(20)18-15-13-7-2-1-4-10(13)9-14(15)19/h1-8,14-15,19H,9,17H2,(H,18,20)/t14-,15+/m0/s1. The third-order valence-corrected chi connectivity index (χ3v) is 3.64. The first-order chi connectivity index (χ1) is 9.65. The number of hydrogen-bond acceptors (Lipinski definition) is 3. The van der Waals surface area contributed by atoms with Gasteiger partial charge in [0.2, 0.25) is 0 Å². The molecule has 0 unspecified atom stereocenters. The molecule has 4 heteroatoms. The highest BCUT2D eigenvalue weighted by Crippen LogP contribution is 2.31. The Morgan fingerprint density at radius 1 is 1.20 bits per heavy atom. The topological polar surface area (TPSA) is 75.4 Å². The Balaban J connectivity index is 1.83. The van der Waals surface area contributed by atoms with Crippen molar-refractivity contribution in [2.45, 2.75) is 18.6 Å². The number of rotatable bonds is 2. The van der Waals surface area contributed by atoms with Crippen LogP contribution in [0.25, 0.3) is 0 Å². The molecule has 1 aliphatic rings. The fourth-order valence-corrected chi connectivity index (χ4v) is 2.65. The summed E-state index contributed by atoms with van der Waals surface area (Å²) in [4.78, 5) is 12.2. The zero-order valence-corrected chi connectivity index (χ0v) is 10.9. The van der Waals surface area contributed by atoms with Crippen LogP contribution >= 0.6 is 0 Å². The van der Waals surface area contributed by atoms with Gasteiger partial charge in [-0.25, -0.2) is 0 Å². The molecule has 0 spiro atoms. The van der Waals surface area contributed by atoms with Crippen molar-refractivity contribution >= 4 is 11.6 Å². The number of hydrogen-bond donors (Lipinski definition) is 3. The van der Waals surface area contributed by atoms with Crippen LogP contribution in [0.3, 0.4) is 0 Å². The first-order valence-corrected chi connectivity index (χ1v) is 6.57. The van der Waals surface area contributed by atoms with E-state index in [0.29, 0.717) is 17.7 Å². The van der Waals surface area contributed by atoms with Gasteiger partial charge in [0.1, 0.15) is 0 Å². The van der Waals surface area contributed by atoms with Crippen LogP contribution in [0, 0.1) is 0 Å². The van der Waals surface area contributed by atoms with E-state index in [2.05, 4.69) is 5.32 Å². The molecule has 2 atom stereocenters. The predicted molar refractivity (Wildman–Crippen MR) is 77.2 cm³/mol. The number of nitrogens with two attached hydrogens (primary N) is 1. The Kier molecular flexibility index (Phi) is 3.16. The quantitative estimate of drug-likeness (QED) is 0.725. The molecule has 0 saturated carbocycles. The summed E-state index contributed by atoms with van der Waals surface area (Å²) in [5.74, 6) is -0.224. The first kappa shape index (κ1) is 12.7. The van der Waals surface area contributed by atoms with E-state index in [4.69, 9.17) is 5.73 Å². The van der Waals surface area contributed by atoms with Gasteiger partial charge in [-0.05, 0) is 29.3 Å². The highest BCUT2D eigenvalue weighted by molar-refractivity contribution is 5.95. The predicted octanol–water partition coefficient (Wildman–Crippen LogP) is 1.66. The average Bonchev–Trinajstić information content (AvgIpc) is 2.75. The van der Waals surface area contributed by atoms with E-state index in [1.165, 1.54) is 0 Å². The second-order valence-electron chi connectivity index (χ2n) is 5.05. The van der Waals surface area contributed by atoms with E-state index < -0.39 is 6.10 Å². The van der Waals surface area contributed by atoms with Crippen molar-refractivity contribution in [1.29, 1.82) is 0 Å². The first-order valence-electron chi connectivity index (χ1n) is 6.57. The van der Waals surface area contributed by atoms with Crippen molar-refractivity contribution in [2.75, 3.05) is 5.73 Å². The smallest absolute Gasteiger partial charge is 0.251 e. The van der Waals surface area contributed by atoms with Crippen LogP contribution < -0.4 is 11.1 Å². The molecule has 0 aromatic heterocycles. The summed E-state index contributed by atoms with van der Waals surface area (Å²) in [7, 11) is 0. The van der Waals surface area contributed by atoms with Crippen LogP contribution in [0.5, 0.6) is 0 Å². The molecular formula is C16H16N2O2. The maximum atomic E-state index is 12.2. The summed E-state index contributed by atoms with van der Waals surface area (Å²) in [6.07, 6.45) is -0.0182.